The van der Waals surface area contributed by atoms with Crippen LogP contribution in [0.4, 0.5) is 0 Å². The summed E-state index contributed by atoms with van der Waals surface area (Å²) in [5.74, 6) is 0. The number of hydrogen-bond acceptors (Lipinski definition) is 0. The van der Waals surface area contributed by atoms with Gasteiger partial charge in [0.2, 0.25) is 0 Å². The minimum absolute atomic E-state index is 1.10. The third-order valence-electron chi connectivity index (χ3n) is 2.10. The van der Waals surface area contributed by atoms with Crippen LogP contribution in [0.5, 0.6) is 0 Å². The van der Waals surface area contributed by atoms with Gasteiger partial charge in [0.25, 0.3) is 0 Å². The van der Waals surface area contributed by atoms with Gasteiger partial charge in [-0.25, -0.2) is 0 Å². The molecule has 0 saturated carbocycles. The van der Waals surface area contributed by atoms with Crippen molar-refractivity contribution in [1.29, 1.82) is 0 Å². The maximum Gasteiger partial charge on any atom is 0.0423 e. The summed E-state index contributed by atoms with van der Waals surface area (Å²) in [5.41, 5.74) is 2.30. The summed E-state index contributed by atoms with van der Waals surface area (Å²) in [4.78, 5) is 0. The molecule has 2 rings (SSSR count). The minimum Gasteiger partial charge on any atom is -0.0709 e. The number of rotatable bonds is 3. The lowest BCUT2D eigenvalue weighted by Gasteiger charge is -1.93. The van der Waals surface area contributed by atoms with E-state index < -0.39 is 0 Å². The van der Waals surface area contributed by atoms with E-state index in [-0.39, 0.29) is 0 Å². The average Bonchev–Trinajstić information content (AvgIpc) is 2.32. The molecule has 0 nitrogen and oxygen atoms in total. The van der Waals surface area contributed by atoms with Gasteiger partial charge in [0.1, 0.15) is 0 Å². The number of benzene rings is 2. The van der Waals surface area contributed by atoms with E-state index in [2.05, 4.69) is 18.6 Å². The SMILES string of the molecule is [C](C=Cc1ccccc1)c1ccccc1. The van der Waals surface area contributed by atoms with Gasteiger partial charge in [0.05, 0.1) is 0 Å². The van der Waals surface area contributed by atoms with Crippen molar-refractivity contribution in [2.75, 3.05) is 0 Å². The van der Waals surface area contributed by atoms with Gasteiger partial charge in [0, 0.05) is 6.42 Å². The van der Waals surface area contributed by atoms with Crippen LogP contribution in [-0.2, 0) is 0 Å². The van der Waals surface area contributed by atoms with E-state index >= 15 is 0 Å². The zero-order valence-corrected chi connectivity index (χ0v) is 8.43. The van der Waals surface area contributed by atoms with E-state index in [1.54, 1.807) is 0 Å². The third-order valence-corrected chi connectivity index (χ3v) is 2.10. The van der Waals surface area contributed by atoms with Gasteiger partial charge in [-0.3, -0.25) is 0 Å². The fourth-order valence-corrected chi connectivity index (χ4v) is 1.33. The van der Waals surface area contributed by atoms with E-state index in [4.69, 9.17) is 0 Å². The van der Waals surface area contributed by atoms with Crippen molar-refractivity contribution < 1.29 is 0 Å². The number of hydrogen-bond donors (Lipinski definition) is 0. The Morgan fingerprint density at radius 2 is 1.33 bits per heavy atom. The van der Waals surface area contributed by atoms with Gasteiger partial charge in [-0.05, 0) is 11.1 Å². The zero-order valence-electron chi connectivity index (χ0n) is 8.43. The topological polar surface area (TPSA) is 0 Å². The van der Waals surface area contributed by atoms with Crippen LogP contribution in [0.1, 0.15) is 11.1 Å². The van der Waals surface area contributed by atoms with Gasteiger partial charge in [-0.15, -0.1) is 0 Å². The summed E-state index contributed by atoms with van der Waals surface area (Å²) < 4.78 is 0. The van der Waals surface area contributed by atoms with Crippen LogP contribution in [0, 0.1) is 6.42 Å². The van der Waals surface area contributed by atoms with Gasteiger partial charge in [-0.1, -0.05) is 72.8 Å². The minimum atomic E-state index is 1.10. The van der Waals surface area contributed by atoms with Crippen LogP contribution in [0.25, 0.3) is 6.08 Å². The number of allylic oxidation sites excluding steroid dienone is 1. The quantitative estimate of drug-likeness (QED) is 0.693. The van der Waals surface area contributed by atoms with Crippen molar-refractivity contribution in [1.82, 2.24) is 0 Å². The highest BCUT2D eigenvalue weighted by atomic mass is 13.9. The molecule has 0 fully saturated rings. The second-order valence-electron chi connectivity index (χ2n) is 3.25. The average molecular weight is 192 g/mol. The van der Waals surface area contributed by atoms with Crippen LogP contribution in [0.2, 0.25) is 0 Å². The molecule has 0 N–H and O–H groups in total. The molecule has 0 spiro atoms. The van der Waals surface area contributed by atoms with E-state index in [1.807, 2.05) is 60.7 Å². The van der Waals surface area contributed by atoms with Crippen molar-refractivity contribution >= 4 is 6.08 Å². The molecule has 0 aliphatic rings. The van der Waals surface area contributed by atoms with Crippen molar-refractivity contribution in [2.24, 2.45) is 0 Å². The Hall–Kier alpha value is -1.82. The molecule has 0 heteroatoms. The van der Waals surface area contributed by atoms with Crippen LogP contribution in [0.3, 0.4) is 0 Å². The lowest BCUT2D eigenvalue weighted by molar-refractivity contribution is 1.53. The van der Waals surface area contributed by atoms with Crippen molar-refractivity contribution in [3.63, 3.8) is 0 Å². The maximum atomic E-state index is 3.21. The Kier molecular flexibility index (Phi) is 3.34. The van der Waals surface area contributed by atoms with E-state index in [0.29, 0.717) is 0 Å². The highest BCUT2D eigenvalue weighted by Gasteiger charge is 1.87. The fourth-order valence-electron chi connectivity index (χ4n) is 1.33. The molecule has 0 aromatic heterocycles. The maximum absolute atomic E-state index is 3.21. The Balaban J connectivity index is 1.97. The first-order valence-corrected chi connectivity index (χ1v) is 4.98. The smallest absolute Gasteiger partial charge is 0.0423 e. The summed E-state index contributed by atoms with van der Waals surface area (Å²) in [7, 11) is 0. The van der Waals surface area contributed by atoms with Crippen LogP contribution in [0.15, 0.2) is 66.7 Å². The Morgan fingerprint density at radius 3 is 2.00 bits per heavy atom. The van der Waals surface area contributed by atoms with E-state index in [0.717, 1.165) is 5.56 Å². The molecule has 0 amide bonds. The third kappa shape index (κ3) is 3.10. The predicted octanol–water partition coefficient (Wildman–Crippen LogP) is 3.83. The molecular weight excluding hydrogens is 180 g/mol. The molecule has 0 aliphatic carbocycles. The molecule has 2 aromatic carbocycles. The molecule has 0 aliphatic heterocycles. The largest absolute Gasteiger partial charge is 0.0709 e. The first kappa shape index (κ1) is 9.72. The first-order valence-electron chi connectivity index (χ1n) is 4.98. The second kappa shape index (κ2) is 5.16. The Bertz CT molecular complexity index is 412. The van der Waals surface area contributed by atoms with Gasteiger partial charge in [-0.2, -0.15) is 0 Å². The summed E-state index contributed by atoms with van der Waals surface area (Å²) in [6.07, 6.45) is 7.21. The van der Waals surface area contributed by atoms with Crippen LogP contribution in [-0.4, -0.2) is 0 Å². The van der Waals surface area contributed by atoms with Crippen molar-refractivity contribution in [3.8, 4) is 0 Å². The zero-order chi connectivity index (χ0) is 10.3. The van der Waals surface area contributed by atoms with Gasteiger partial charge < -0.3 is 0 Å². The molecule has 0 atom stereocenters. The first-order chi connectivity index (χ1) is 7.45. The normalized spacial score (nSPS) is 10.7. The van der Waals surface area contributed by atoms with Crippen LogP contribution < -0.4 is 0 Å². The Labute approximate surface area is 90.9 Å². The van der Waals surface area contributed by atoms with E-state index in [9.17, 15) is 0 Å². The van der Waals surface area contributed by atoms with E-state index in [1.165, 1.54) is 5.56 Å². The molecule has 0 bridgehead atoms. The lowest BCUT2D eigenvalue weighted by Crippen LogP contribution is -1.75. The van der Waals surface area contributed by atoms with Crippen LogP contribution >= 0.6 is 0 Å². The summed E-state index contributed by atoms with van der Waals surface area (Å²) >= 11 is 0. The molecule has 2 radical (unpaired) electrons. The molecule has 0 heterocycles. The molecule has 15 heavy (non-hydrogen) atoms. The predicted molar refractivity (Wildman–Crippen MR) is 64.3 cm³/mol. The van der Waals surface area contributed by atoms with Crippen molar-refractivity contribution in [2.45, 2.75) is 0 Å². The highest BCUT2D eigenvalue weighted by Crippen LogP contribution is 2.06. The monoisotopic (exact) mass is 192 g/mol. The molecule has 0 saturated heterocycles. The standard InChI is InChI=1S/C15H12/c1-3-8-14(9-4-1)12-7-13-15-10-5-2-6-11-15/h1-12H. The van der Waals surface area contributed by atoms with Gasteiger partial charge in [0.15, 0.2) is 0 Å². The summed E-state index contributed by atoms with van der Waals surface area (Å²) in [6, 6.07) is 20.3. The summed E-state index contributed by atoms with van der Waals surface area (Å²) in [5, 5.41) is 0. The molecular formula is C15H12. The lowest BCUT2D eigenvalue weighted by atomic mass is 10.1. The van der Waals surface area contributed by atoms with Crippen molar-refractivity contribution in [3.05, 3.63) is 84.3 Å². The summed E-state index contributed by atoms with van der Waals surface area (Å²) in [6.45, 7) is 0. The van der Waals surface area contributed by atoms with Gasteiger partial charge >= 0.3 is 0 Å². The Morgan fingerprint density at radius 1 is 0.733 bits per heavy atom. The second-order valence-corrected chi connectivity index (χ2v) is 3.25. The molecule has 0 unspecified atom stereocenters. The highest BCUT2D eigenvalue weighted by molar-refractivity contribution is 5.51. The molecule has 72 valence electrons. The molecule has 2 aromatic rings. The fraction of sp³-hybridized carbons (Fsp3) is 0.